The second kappa shape index (κ2) is 9.10. The standard InChI is InChI=1S/C38H23N3S/c1-2-12-24(13-3-1)35-36(40-31-20-6-5-19-30(31)39-35)29-18-11-17-28-27-16-10-15-26-25-14-4-7-21-32(25)41(37(26)27)33-22-8-9-23-34(33)42-38(28)29/h1-23H. The zero-order valence-electron chi connectivity index (χ0n) is 22.5. The molecule has 196 valence electrons. The third-order valence-electron chi connectivity index (χ3n) is 8.19. The van der Waals surface area contributed by atoms with Crippen LogP contribution in [-0.4, -0.2) is 14.4 Å². The lowest BCUT2D eigenvalue weighted by Crippen LogP contribution is -1.96. The van der Waals surface area contributed by atoms with E-state index in [1.807, 2.05) is 35.6 Å². The molecule has 42 heavy (non-hydrogen) atoms. The third kappa shape index (κ3) is 3.39. The Hall–Kier alpha value is -5.32. The molecule has 3 heterocycles. The van der Waals surface area contributed by atoms with E-state index in [4.69, 9.17) is 9.97 Å². The SMILES string of the molecule is c1ccc(-c2nc3ccccc3nc2-c2cccc3c2sc2ccccc2n2c4ccccc4c4cccc3c42)cc1. The van der Waals surface area contributed by atoms with Gasteiger partial charge in [-0.2, -0.15) is 0 Å². The molecule has 0 bridgehead atoms. The van der Waals surface area contributed by atoms with Crippen molar-refractivity contribution in [1.82, 2.24) is 14.4 Å². The van der Waals surface area contributed by atoms with Crippen LogP contribution in [0.5, 0.6) is 0 Å². The monoisotopic (exact) mass is 553 g/mol. The summed E-state index contributed by atoms with van der Waals surface area (Å²) in [6.45, 7) is 0. The smallest absolute Gasteiger partial charge is 0.0987 e. The minimum atomic E-state index is 0.892. The number of hydrogen-bond acceptors (Lipinski definition) is 3. The summed E-state index contributed by atoms with van der Waals surface area (Å²) in [5.74, 6) is 0. The van der Waals surface area contributed by atoms with Crippen molar-refractivity contribution < 1.29 is 0 Å². The summed E-state index contributed by atoms with van der Waals surface area (Å²) < 4.78 is 4.84. The van der Waals surface area contributed by atoms with Crippen molar-refractivity contribution in [2.24, 2.45) is 0 Å². The van der Waals surface area contributed by atoms with E-state index in [9.17, 15) is 0 Å². The van der Waals surface area contributed by atoms with Gasteiger partial charge in [-0.3, -0.25) is 0 Å². The molecule has 0 unspecified atom stereocenters. The number of para-hydroxylation sites is 5. The van der Waals surface area contributed by atoms with Crippen molar-refractivity contribution in [2.75, 3.05) is 0 Å². The molecule has 0 aliphatic heterocycles. The van der Waals surface area contributed by atoms with Crippen LogP contribution in [0.2, 0.25) is 0 Å². The number of fused-ring (bicyclic) bond motifs is 8. The first-order chi connectivity index (χ1) is 20.8. The highest BCUT2D eigenvalue weighted by molar-refractivity contribution is 7.24. The van der Waals surface area contributed by atoms with Crippen molar-refractivity contribution in [2.45, 2.75) is 0 Å². The van der Waals surface area contributed by atoms with E-state index in [1.54, 1.807) is 0 Å². The number of benzene rings is 6. The first kappa shape index (κ1) is 23.4. The van der Waals surface area contributed by atoms with Crippen molar-refractivity contribution in [3.8, 4) is 22.5 Å². The molecule has 0 saturated heterocycles. The highest BCUT2D eigenvalue weighted by Crippen LogP contribution is 2.42. The average molecular weight is 554 g/mol. The Morgan fingerprint density at radius 1 is 0.452 bits per heavy atom. The number of hydrogen-bond donors (Lipinski definition) is 0. The van der Waals surface area contributed by atoms with Gasteiger partial charge in [-0.1, -0.05) is 109 Å². The third-order valence-corrected chi connectivity index (χ3v) is 9.40. The van der Waals surface area contributed by atoms with Crippen LogP contribution in [0.15, 0.2) is 140 Å². The Balaban J connectivity index is 1.52. The molecule has 0 amide bonds. The summed E-state index contributed by atoms with van der Waals surface area (Å²) in [7, 11) is 0. The summed E-state index contributed by atoms with van der Waals surface area (Å²) in [6.07, 6.45) is 0. The Bertz CT molecular complexity index is 2520. The van der Waals surface area contributed by atoms with Crippen LogP contribution in [0.1, 0.15) is 0 Å². The van der Waals surface area contributed by atoms with Crippen LogP contribution in [0, 0.1) is 0 Å². The fraction of sp³-hybridized carbons (Fsp3) is 0. The molecule has 9 rings (SSSR count). The maximum absolute atomic E-state index is 5.29. The minimum absolute atomic E-state index is 0.892. The fourth-order valence-corrected chi connectivity index (χ4v) is 7.55. The molecule has 9 aromatic rings. The highest BCUT2D eigenvalue weighted by Gasteiger charge is 2.18. The second-order valence-electron chi connectivity index (χ2n) is 10.6. The normalized spacial score (nSPS) is 11.8. The summed E-state index contributed by atoms with van der Waals surface area (Å²) in [5, 5.41) is 4.95. The molecule has 0 spiro atoms. The summed E-state index contributed by atoms with van der Waals surface area (Å²) in [5.41, 5.74) is 9.37. The molecule has 3 nitrogen and oxygen atoms in total. The van der Waals surface area contributed by atoms with E-state index in [2.05, 4.69) is 120 Å². The van der Waals surface area contributed by atoms with Gasteiger partial charge in [0.25, 0.3) is 0 Å². The van der Waals surface area contributed by atoms with Crippen LogP contribution in [0.3, 0.4) is 0 Å². The van der Waals surface area contributed by atoms with Gasteiger partial charge >= 0.3 is 0 Å². The zero-order chi connectivity index (χ0) is 27.6. The minimum Gasteiger partial charge on any atom is -0.307 e. The molecule has 0 atom stereocenters. The van der Waals surface area contributed by atoms with Crippen LogP contribution in [0.4, 0.5) is 0 Å². The van der Waals surface area contributed by atoms with Crippen LogP contribution in [0.25, 0.3) is 81.0 Å². The molecule has 3 aromatic heterocycles. The van der Waals surface area contributed by atoms with Crippen molar-refractivity contribution in [1.29, 1.82) is 0 Å². The molecule has 0 N–H and O–H groups in total. The zero-order valence-corrected chi connectivity index (χ0v) is 23.3. The molecule has 0 aliphatic carbocycles. The molecule has 0 saturated carbocycles. The molecule has 0 fully saturated rings. The van der Waals surface area contributed by atoms with E-state index < -0.39 is 0 Å². The Kier molecular flexibility index (Phi) is 5.07. The van der Waals surface area contributed by atoms with E-state index >= 15 is 0 Å². The van der Waals surface area contributed by atoms with Crippen molar-refractivity contribution >= 4 is 69.9 Å². The van der Waals surface area contributed by atoms with Gasteiger partial charge in [0, 0.05) is 37.4 Å². The fourth-order valence-electron chi connectivity index (χ4n) is 6.35. The summed E-state index contributed by atoms with van der Waals surface area (Å²) in [6, 6.07) is 49.4. The van der Waals surface area contributed by atoms with Gasteiger partial charge in [-0.05, 0) is 30.3 Å². The van der Waals surface area contributed by atoms with Crippen LogP contribution >= 0.6 is 11.3 Å². The second-order valence-corrected chi connectivity index (χ2v) is 11.6. The maximum Gasteiger partial charge on any atom is 0.0987 e. The van der Waals surface area contributed by atoms with E-state index in [0.717, 1.165) is 33.5 Å². The van der Waals surface area contributed by atoms with Gasteiger partial charge in [-0.15, -0.1) is 11.3 Å². The van der Waals surface area contributed by atoms with Crippen LogP contribution in [-0.2, 0) is 0 Å². The summed E-state index contributed by atoms with van der Waals surface area (Å²) >= 11 is 1.82. The lowest BCUT2D eigenvalue weighted by Gasteiger charge is -2.13. The molecule has 4 heteroatoms. The maximum atomic E-state index is 5.29. The van der Waals surface area contributed by atoms with E-state index in [0.29, 0.717) is 0 Å². The lowest BCUT2D eigenvalue weighted by atomic mass is 10.0. The van der Waals surface area contributed by atoms with Crippen molar-refractivity contribution in [3.05, 3.63) is 140 Å². The molecule has 6 aromatic carbocycles. The van der Waals surface area contributed by atoms with Gasteiger partial charge in [-0.25, -0.2) is 9.97 Å². The first-order valence-corrected chi connectivity index (χ1v) is 14.9. The molecular weight excluding hydrogens is 531 g/mol. The summed E-state index contributed by atoms with van der Waals surface area (Å²) in [4.78, 5) is 10.5. The van der Waals surface area contributed by atoms with E-state index in [-0.39, 0.29) is 0 Å². The number of rotatable bonds is 2. The molecular formula is C38H23N3S. The quantitative estimate of drug-likeness (QED) is 0.213. The highest BCUT2D eigenvalue weighted by atomic mass is 32.1. The topological polar surface area (TPSA) is 30.2 Å². The number of nitrogens with zero attached hydrogens (tertiary/aromatic N) is 3. The largest absolute Gasteiger partial charge is 0.307 e. The first-order valence-electron chi connectivity index (χ1n) is 14.1. The van der Waals surface area contributed by atoms with Gasteiger partial charge in [0.1, 0.15) is 0 Å². The Labute approximate surface area is 245 Å². The predicted molar refractivity (Wildman–Crippen MR) is 178 cm³/mol. The number of aromatic nitrogens is 3. The Morgan fingerprint density at radius 2 is 1.05 bits per heavy atom. The van der Waals surface area contributed by atoms with Gasteiger partial charge in [0.15, 0.2) is 0 Å². The molecule has 0 radical (unpaired) electrons. The average Bonchev–Trinajstić information content (AvgIpc) is 3.39. The van der Waals surface area contributed by atoms with Crippen molar-refractivity contribution in [3.63, 3.8) is 0 Å². The van der Waals surface area contributed by atoms with Gasteiger partial charge in [0.05, 0.1) is 43.7 Å². The Morgan fingerprint density at radius 3 is 1.88 bits per heavy atom. The molecule has 0 aliphatic rings. The predicted octanol–water partition coefficient (Wildman–Crippen LogP) is 10.5. The van der Waals surface area contributed by atoms with Crippen LogP contribution < -0.4 is 0 Å². The van der Waals surface area contributed by atoms with E-state index in [1.165, 1.54) is 47.5 Å². The lowest BCUT2D eigenvalue weighted by molar-refractivity contribution is 1.30. The van der Waals surface area contributed by atoms with Gasteiger partial charge in [0.2, 0.25) is 0 Å². The van der Waals surface area contributed by atoms with Gasteiger partial charge < -0.3 is 4.40 Å².